The molecule has 0 bridgehead atoms. The highest BCUT2D eigenvalue weighted by Crippen LogP contribution is 2.25. The van der Waals surface area contributed by atoms with Crippen molar-refractivity contribution in [2.24, 2.45) is 0 Å². The summed E-state index contributed by atoms with van der Waals surface area (Å²) < 4.78 is 24.4. The maximum Gasteiger partial charge on any atom is 0.393 e. The molecule has 0 atom stereocenters. The molecule has 1 aromatic carbocycles. The second-order valence-corrected chi connectivity index (χ2v) is 5.84. The van der Waals surface area contributed by atoms with Crippen molar-refractivity contribution in [3.8, 4) is 0 Å². The summed E-state index contributed by atoms with van der Waals surface area (Å²) in [6, 6.07) is 7.33. The lowest BCUT2D eigenvalue weighted by atomic mass is 10.4. The molecule has 8 heteroatoms. The van der Waals surface area contributed by atoms with Crippen LogP contribution in [0.15, 0.2) is 45.3 Å². The van der Waals surface area contributed by atoms with Crippen LogP contribution in [0.3, 0.4) is 0 Å². The molecule has 1 aromatic rings. The van der Waals surface area contributed by atoms with E-state index in [2.05, 4.69) is 5.32 Å². The first-order chi connectivity index (χ1) is 8.45. The molecule has 0 amide bonds. The van der Waals surface area contributed by atoms with E-state index in [1.807, 2.05) is 0 Å². The Labute approximate surface area is 109 Å². The van der Waals surface area contributed by atoms with Crippen LogP contribution in [0.5, 0.6) is 0 Å². The summed E-state index contributed by atoms with van der Waals surface area (Å²) in [5, 5.41) is 12.7. The number of hydrogen-bond acceptors (Lipinski definition) is 6. The van der Waals surface area contributed by atoms with Gasteiger partial charge in [-0.2, -0.15) is 0 Å². The Balaban J connectivity index is 3.50. The lowest BCUT2D eigenvalue weighted by Crippen LogP contribution is -2.19. The van der Waals surface area contributed by atoms with Gasteiger partial charge in [0.2, 0.25) is 0 Å². The van der Waals surface area contributed by atoms with Crippen LogP contribution < -0.4 is 5.32 Å². The Morgan fingerprint density at radius 2 is 1.89 bits per heavy atom. The Morgan fingerprint density at radius 1 is 1.33 bits per heavy atom. The zero-order valence-electron chi connectivity index (χ0n) is 9.78. The third kappa shape index (κ3) is 2.82. The minimum atomic E-state index is -4.13. The first-order valence-corrected chi connectivity index (χ1v) is 7.56. The molecule has 0 radical (unpaired) electrons. The van der Waals surface area contributed by atoms with E-state index in [1.165, 1.54) is 31.3 Å². The van der Waals surface area contributed by atoms with Crippen molar-refractivity contribution in [3.05, 3.63) is 50.5 Å². The minimum absolute atomic E-state index is 0.00357. The normalized spacial score (nSPS) is 12.8. The van der Waals surface area contributed by atoms with Crippen LogP contribution in [0.2, 0.25) is 0 Å². The fourth-order valence-electron chi connectivity index (χ4n) is 1.31. The third-order valence-electron chi connectivity index (χ3n) is 2.10. The Hall–Kier alpha value is -1.54. The van der Waals surface area contributed by atoms with Crippen LogP contribution in [-0.4, -0.2) is 26.6 Å². The average Bonchev–Trinajstić information content (AvgIpc) is 2.36. The molecule has 0 unspecified atom stereocenters. The standard InChI is InChI=1S/C10H12N2O4S2/c1-11-9(17-2)10(12(13)14)18(15,16)8-6-4-3-5-7-8/h3-7,11H,1-2H3/b10-9+. The number of thioether (sulfide) groups is 1. The van der Waals surface area contributed by atoms with Gasteiger partial charge >= 0.3 is 5.03 Å². The highest BCUT2D eigenvalue weighted by Gasteiger charge is 2.35. The molecule has 0 saturated carbocycles. The largest absolute Gasteiger partial charge is 0.393 e. The van der Waals surface area contributed by atoms with E-state index < -0.39 is 19.8 Å². The highest BCUT2D eigenvalue weighted by atomic mass is 32.2. The van der Waals surface area contributed by atoms with Gasteiger partial charge < -0.3 is 5.32 Å². The van der Waals surface area contributed by atoms with E-state index in [1.54, 1.807) is 12.3 Å². The fourth-order valence-corrected chi connectivity index (χ4v) is 3.62. The molecule has 0 aliphatic carbocycles. The van der Waals surface area contributed by atoms with E-state index in [9.17, 15) is 18.5 Å². The molecule has 0 spiro atoms. The molecular formula is C10H12N2O4S2. The summed E-state index contributed by atoms with van der Waals surface area (Å²) in [5.74, 6) is 0. The van der Waals surface area contributed by atoms with Crippen LogP contribution >= 0.6 is 11.8 Å². The van der Waals surface area contributed by atoms with Crippen molar-refractivity contribution in [1.29, 1.82) is 0 Å². The lowest BCUT2D eigenvalue weighted by Gasteiger charge is -2.06. The first-order valence-electron chi connectivity index (χ1n) is 4.85. The molecule has 0 heterocycles. The molecule has 1 N–H and O–H groups in total. The topological polar surface area (TPSA) is 89.3 Å². The van der Waals surface area contributed by atoms with Gasteiger partial charge in [-0.05, 0) is 18.4 Å². The lowest BCUT2D eigenvalue weighted by molar-refractivity contribution is -0.412. The second-order valence-electron chi connectivity index (χ2n) is 3.16. The molecule has 6 nitrogen and oxygen atoms in total. The van der Waals surface area contributed by atoms with E-state index in [4.69, 9.17) is 0 Å². The summed E-state index contributed by atoms with van der Waals surface area (Å²) in [5.41, 5.74) is 0. The predicted octanol–water partition coefficient (Wildman–Crippen LogP) is 1.45. The number of hydrogen-bond donors (Lipinski definition) is 1. The van der Waals surface area contributed by atoms with Crippen molar-refractivity contribution in [2.75, 3.05) is 13.3 Å². The van der Waals surface area contributed by atoms with Gasteiger partial charge in [0.15, 0.2) is 5.03 Å². The van der Waals surface area contributed by atoms with Crippen LogP contribution in [-0.2, 0) is 9.84 Å². The second kappa shape index (κ2) is 5.87. The van der Waals surface area contributed by atoms with Crippen LogP contribution in [0.1, 0.15) is 0 Å². The number of benzene rings is 1. The van der Waals surface area contributed by atoms with Crippen molar-refractivity contribution in [2.45, 2.75) is 4.90 Å². The molecule has 18 heavy (non-hydrogen) atoms. The molecule has 0 saturated heterocycles. The smallest absolute Gasteiger partial charge is 0.377 e. The zero-order chi connectivity index (χ0) is 13.8. The van der Waals surface area contributed by atoms with Gasteiger partial charge in [0.1, 0.15) is 0 Å². The molecule has 0 aromatic heterocycles. The number of nitrogens with one attached hydrogen (secondary N) is 1. The molecule has 0 aliphatic heterocycles. The fraction of sp³-hybridized carbons (Fsp3) is 0.200. The number of nitrogens with zero attached hydrogens (tertiary/aromatic N) is 1. The third-order valence-corrected chi connectivity index (χ3v) is 4.79. The number of nitro groups is 1. The summed E-state index contributed by atoms with van der Waals surface area (Å²) >= 11 is 0.976. The van der Waals surface area contributed by atoms with Crippen LogP contribution in [0, 0.1) is 10.1 Å². The van der Waals surface area contributed by atoms with Gasteiger partial charge in [0, 0.05) is 7.05 Å². The van der Waals surface area contributed by atoms with Crippen molar-refractivity contribution < 1.29 is 13.3 Å². The summed E-state index contributed by atoms with van der Waals surface area (Å²) in [4.78, 5) is 10.0. The SMILES string of the molecule is CN/C(SC)=C(/[N+](=O)[O-])S(=O)(=O)c1ccccc1. The quantitative estimate of drug-likeness (QED) is 0.651. The summed E-state index contributed by atoms with van der Waals surface area (Å²) in [7, 11) is -2.69. The van der Waals surface area contributed by atoms with Gasteiger partial charge in [0.05, 0.1) is 9.82 Å². The first kappa shape index (κ1) is 14.5. The molecule has 0 fully saturated rings. The van der Waals surface area contributed by atoms with E-state index in [-0.39, 0.29) is 9.92 Å². The Morgan fingerprint density at radius 3 is 2.28 bits per heavy atom. The molecule has 0 aliphatic rings. The van der Waals surface area contributed by atoms with Crippen molar-refractivity contribution in [3.63, 3.8) is 0 Å². The van der Waals surface area contributed by atoms with Gasteiger partial charge in [0.25, 0.3) is 9.84 Å². The van der Waals surface area contributed by atoms with Gasteiger partial charge in [-0.3, -0.25) is 10.1 Å². The highest BCUT2D eigenvalue weighted by molar-refractivity contribution is 8.03. The monoisotopic (exact) mass is 288 g/mol. The zero-order valence-corrected chi connectivity index (χ0v) is 11.4. The van der Waals surface area contributed by atoms with E-state index in [0.717, 1.165) is 11.8 Å². The van der Waals surface area contributed by atoms with E-state index >= 15 is 0 Å². The Bertz CT molecular complexity index is 561. The van der Waals surface area contributed by atoms with Gasteiger partial charge in [-0.1, -0.05) is 18.2 Å². The molecule has 98 valence electrons. The summed E-state index contributed by atoms with van der Waals surface area (Å²) in [6.45, 7) is 0. The van der Waals surface area contributed by atoms with Gasteiger partial charge in [-0.25, -0.2) is 8.42 Å². The number of sulfone groups is 1. The maximum absolute atomic E-state index is 12.2. The van der Waals surface area contributed by atoms with Crippen molar-refractivity contribution >= 4 is 21.6 Å². The van der Waals surface area contributed by atoms with Crippen molar-refractivity contribution in [1.82, 2.24) is 5.32 Å². The maximum atomic E-state index is 12.2. The molecular weight excluding hydrogens is 276 g/mol. The van der Waals surface area contributed by atoms with Crippen LogP contribution in [0.25, 0.3) is 0 Å². The predicted molar refractivity (Wildman–Crippen MR) is 70.2 cm³/mol. The Kier molecular flexibility index (Phi) is 4.74. The van der Waals surface area contributed by atoms with E-state index in [0.29, 0.717) is 0 Å². The summed E-state index contributed by atoms with van der Waals surface area (Å²) in [6.07, 6.45) is 1.57. The van der Waals surface area contributed by atoms with Gasteiger partial charge in [-0.15, -0.1) is 11.8 Å². The minimum Gasteiger partial charge on any atom is -0.377 e. The van der Waals surface area contributed by atoms with Crippen LogP contribution in [0.4, 0.5) is 0 Å². The molecule has 1 rings (SSSR count). The average molecular weight is 288 g/mol. The number of rotatable bonds is 5.